The smallest absolute Gasteiger partial charge is 0.0587 e. The van der Waals surface area contributed by atoms with E-state index in [2.05, 4.69) is 35.3 Å². The van der Waals surface area contributed by atoms with Gasteiger partial charge in [-0.2, -0.15) is 0 Å². The minimum atomic E-state index is 0.724. The second kappa shape index (κ2) is 8.62. The Morgan fingerprint density at radius 1 is 1.43 bits per heavy atom. The normalized spacial score (nSPS) is 19.0. The molecule has 1 heterocycles. The minimum absolute atomic E-state index is 0.724. The Morgan fingerprint density at radius 2 is 2.29 bits per heavy atom. The summed E-state index contributed by atoms with van der Waals surface area (Å²) < 4.78 is 5.03. The highest BCUT2D eigenvalue weighted by atomic mass is 35.5. The van der Waals surface area contributed by atoms with E-state index < -0.39 is 0 Å². The number of piperidine rings is 1. The van der Waals surface area contributed by atoms with Crippen LogP contribution in [0.4, 0.5) is 5.69 Å². The average molecular weight is 311 g/mol. The summed E-state index contributed by atoms with van der Waals surface area (Å²) >= 11 is 6.43. The topological polar surface area (TPSA) is 24.5 Å². The van der Waals surface area contributed by atoms with Crippen LogP contribution in [0.15, 0.2) is 18.2 Å². The van der Waals surface area contributed by atoms with Gasteiger partial charge in [0, 0.05) is 44.0 Å². The average Bonchev–Trinajstić information content (AvgIpc) is 2.53. The van der Waals surface area contributed by atoms with E-state index in [0.717, 1.165) is 49.3 Å². The van der Waals surface area contributed by atoms with Crippen molar-refractivity contribution in [3.05, 3.63) is 28.8 Å². The van der Waals surface area contributed by atoms with Gasteiger partial charge in [-0.1, -0.05) is 31.0 Å². The van der Waals surface area contributed by atoms with E-state index in [1.165, 1.54) is 24.9 Å². The number of nitrogens with zero attached hydrogens (tertiary/aromatic N) is 1. The Bertz CT molecular complexity index is 439. The fourth-order valence-corrected chi connectivity index (χ4v) is 3.15. The molecule has 118 valence electrons. The van der Waals surface area contributed by atoms with E-state index in [1.807, 2.05) is 0 Å². The molecular weight excluding hydrogens is 284 g/mol. The lowest BCUT2D eigenvalue weighted by Crippen LogP contribution is -2.35. The summed E-state index contributed by atoms with van der Waals surface area (Å²) in [5.74, 6) is 0.827. The third kappa shape index (κ3) is 4.87. The molecular formula is C17H27ClN2O. The first-order valence-electron chi connectivity index (χ1n) is 7.97. The molecule has 1 aromatic rings. The van der Waals surface area contributed by atoms with E-state index in [4.69, 9.17) is 16.3 Å². The van der Waals surface area contributed by atoms with Crippen LogP contribution in [0.5, 0.6) is 0 Å². The molecule has 1 aromatic carbocycles. The summed E-state index contributed by atoms with van der Waals surface area (Å²) in [7, 11) is 1.71. The van der Waals surface area contributed by atoms with Crippen molar-refractivity contribution < 1.29 is 4.74 Å². The lowest BCUT2D eigenvalue weighted by molar-refractivity contribution is 0.199. The highest BCUT2D eigenvalue weighted by molar-refractivity contribution is 6.31. The summed E-state index contributed by atoms with van der Waals surface area (Å²) in [5, 5.41) is 4.19. The Kier molecular flexibility index (Phi) is 6.81. The number of hydrogen-bond donors (Lipinski definition) is 1. The standard InChI is InChI=1S/C17H27ClN2O/c1-3-14-5-4-9-20(13-14)16-7-6-15(17(18)11-16)12-19-8-10-21-2/h6-7,11,14,19H,3-5,8-10,12-13H2,1-2H3. The molecule has 2 rings (SSSR count). The predicted molar refractivity (Wildman–Crippen MR) is 90.3 cm³/mol. The van der Waals surface area contributed by atoms with Gasteiger partial charge >= 0.3 is 0 Å². The molecule has 1 saturated heterocycles. The van der Waals surface area contributed by atoms with E-state index in [9.17, 15) is 0 Å². The summed E-state index contributed by atoms with van der Waals surface area (Å²) in [6.45, 7) is 6.97. The van der Waals surface area contributed by atoms with Gasteiger partial charge in [-0.3, -0.25) is 0 Å². The second-order valence-corrected chi connectivity index (χ2v) is 6.22. The number of halogens is 1. The van der Waals surface area contributed by atoms with Crippen LogP contribution < -0.4 is 10.2 Å². The van der Waals surface area contributed by atoms with Gasteiger partial charge in [0.05, 0.1) is 6.61 Å². The Morgan fingerprint density at radius 3 is 3.00 bits per heavy atom. The van der Waals surface area contributed by atoms with Crippen LogP contribution >= 0.6 is 11.6 Å². The molecule has 0 saturated carbocycles. The third-order valence-corrected chi connectivity index (χ3v) is 4.65. The molecule has 0 aromatic heterocycles. The number of rotatable bonds is 7. The zero-order chi connectivity index (χ0) is 15.1. The molecule has 1 aliphatic heterocycles. The molecule has 0 radical (unpaired) electrons. The highest BCUT2D eigenvalue weighted by Gasteiger charge is 2.19. The van der Waals surface area contributed by atoms with Gasteiger partial charge in [0.15, 0.2) is 0 Å². The Labute approximate surface area is 133 Å². The van der Waals surface area contributed by atoms with Crippen LogP contribution in [0, 0.1) is 5.92 Å². The SMILES string of the molecule is CCC1CCCN(c2ccc(CNCCOC)c(Cl)c2)C1. The van der Waals surface area contributed by atoms with Crippen molar-refractivity contribution in [1.82, 2.24) is 5.32 Å². The zero-order valence-electron chi connectivity index (χ0n) is 13.2. The van der Waals surface area contributed by atoms with Gasteiger partial charge in [0.1, 0.15) is 0 Å². The van der Waals surface area contributed by atoms with E-state index >= 15 is 0 Å². The predicted octanol–water partition coefficient (Wildman–Crippen LogP) is 3.70. The quantitative estimate of drug-likeness (QED) is 0.777. The van der Waals surface area contributed by atoms with E-state index in [-0.39, 0.29) is 0 Å². The van der Waals surface area contributed by atoms with Crippen LogP contribution in [0.2, 0.25) is 5.02 Å². The summed E-state index contributed by atoms with van der Waals surface area (Å²) in [6.07, 6.45) is 3.92. The van der Waals surface area contributed by atoms with Crippen LogP contribution in [0.3, 0.4) is 0 Å². The molecule has 1 unspecified atom stereocenters. The van der Waals surface area contributed by atoms with Crippen molar-refractivity contribution in [3.8, 4) is 0 Å². The van der Waals surface area contributed by atoms with Gasteiger partial charge in [0.2, 0.25) is 0 Å². The minimum Gasteiger partial charge on any atom is -0.383 e. The van der Waals surface area contributed by atoms with Crippen molar-refractivity contribution in [2.75, 3.05) is 38.3 Å². The van der Waals surface area contributed by atoms with Gasteiger partial charge in [0.25, 0.3) is 0 Å². The molecule has 0 spiro atoms. The first-order valence-corrected chi connectivity index (χ1v) is 8.35. The highest BCUT2D eigenvalue weighted by Crippen LogP contribution is 2.28. The molecule has 21 heavy (non-hydrogen) atoms. The fourth-order valence-electron chi connectivity index (χ4n) is 2.91. The lowest BCUT2D eigenvalue weighted by Gasteiger charge is -2.34. The van der Waals surface area contributed by atoms with Crippen LogP contribution in [-0.4, -0.2) is 33.4 Å². The van der Waals surface area contributed by atoms with Crippen molar-refractivity contribution in [1.29, 1.82) is 0 Å². The number of hydrogen-bond acceptors (Lipinski definition) is 3. The van der Waals surface area contributed by atoms with Crippen LogP contribution in [0.1, 0.15) is 31.7 Å². The van der Waals surface area contributed by atoms with Crippen molar-refractivity contribution in [2.24, 2.45) is 5.92 Å². The number of nitrogens with one attached hydrogen (secondary N) is 1. The largest absolute Gasteiger partial charge is 0.383 e. The van der Waals surface area contributed by atoms with Crippen molar-refractivity contribution >= 4 is 17.3 Å². The number of ether oxygens (including phenoxy) is 1. The maximum absolute atomic E-state index is 6.43. The van der Waals surface area contributed by atoms with E-state index in [0.29, 0.717) is 0 Å². The molecule has 3 nitrogen and oxygen atoms in total. The maximum atomic E-state index is 6.43. The van der Waals surface area contributed by atoms with Gasteiger partial charge < -0.3 is 15.0 Å². The van der Waals surface area contributed by atoms with Crippen LogP contribution in [-0.2, 0) is 11.3 Å². The monoisotopic (exact) mass is 310 g/mol. The molecule has 1 aliphatic rings. The summed E-state index contributed by atoms with van der Waals surface area (Å²) in [4.78, 5) is 2.48. The molecule has 1 fully saturated rings. The zero-order valence-corrected chi connectivity index (χ0v) is 14.0. The first-order chi connectivity index (χ1) is 10.2. The summed E-state index contributed by atoms with van der Waals surface area (Å²) in [5.41, 5.74) is 2.42. The maximum Gasteiger partial charge on any atom is 0.0587 e. The molecule has 0 bridgehead atoms. The molecule has 0 aliphatic carbocycles. The van der Waals surface area contributed by atoms with Gasteiger partial charge in [-0.05, 0) is 36.5 Å². The molecule has 1 N–H and O–H groups in total. The van der Waals surface area contributed by atoms with Crippen molar-refractivity contribution in [3.63, 3.8) is 0 Å². The Balaban J connectivity index is 1.94. The van der Waals surface area contributed by atoms with Gasteiger partial charge in [-0.25, -0.2) is 0 Å². The van der Waals surface area contributed by atoms with Crippen molar-refractivity contribution in [2.45, 2.75) is 32.7 Å². The van der Waals surface area contributed by atoms with Gasteiger partial charge in [-0.15, -0.1) is 0 Å². The number of anilines is 1. The number of benzene rings is 1. The fraction of sp³-hybridized carbons (Fsp3) is 0.647. The Hall–Kier alpha value is -0.770. The van der Waals surface area contributed by atoms with Crippen LogP contribution in [0.25, 0.3) is 0 Å². The second-order valence-electron chi connectivity index (χ2n) is 5.81. The lowest BCUT2D eigenvalue weighted by atomic mass is 9.95. The third-order valence-electron chi connectivity index (χ3n) is 4.30. The summed E-state index contributed by atoms with van der Waals surface area (Å²) in [6, 6.07) is 6.47. The molecule has 1 atom stereocenters. The molecule has 4 heteroatoms. The molecule has 0 amide bonds. The number of methoxy groups -OCH3 is 1. The first kappa shape index (κ1) is 16.6. The van der Waals surface area contributed by atoms with E-state index in [1.54, 1.807) is 7.11 Å².